The highest BCUT2D eigenvalue weighted by atomic mass is 127. The van der Waals surface area contributed by atoms with Gasteiger partial charge in [0.2, 0.25) is 5.91 Å². The summed E-state index contributed by atoms with van der Waals surface area (Å²) < 4.78 is 1.07. The lowest BCUT2D eigenvalue weighted by Gasteiger charge is -2.27. The zero-order chi connectivity index (χ0) is 14.4. The summed E-state index contributed by atoms with van der Waals surface area (Å²) in [7, 11) is 2.03. The molecular formula is C15H22IN3O. The Kier molecular flexibility index (Phi) is 6.25. The number of hydrogen-bond acceptors (Lipinski definition) is 3. The van der Waals surface area contributed by atoms with Crippen LogP contribution in [0.15, 0.2) is 24.3 Å². The minimum Gasteiger partial charge on any atom is -0.324 e. The van der Waals surface area contributed by atoms with E-state index < -0.39 is 0 Å². The van der Waals surface area contributed by atoms with E-state index in [1.54, 1.807) is 0 Å². The second-order valence-corrected chi connectivity index (χ2v) is 6.58. The number of anilines is 1. The summed E-state index contributed by atoms with van der Waals surface area (Å²) in [5.41, 5.74) is 0.897. The topological polar surface area (TPSA) is 44.4 Å². The first-order valence-corrected chi connectivity index (χ1v) is 8.16. The van der Waals surface area contributed by atoms with Crippen LogP contribution in [0.25, 0.3) is 0 Å². The predicted molar refractivity (Wildman–Crippen MR) is 90.9 cm³/mol. The van der Waals surface area contributed by atoms with Crippen LogP contribution in [0.5, 0.6) is 0 Å². The third-order valence-corrected chi connectivity index (χ3v) is 4.53. The monoisotopic (exact) mass is 387 g/mol. The Hall–Kier alpha value is -0.660. The Labute approximate surface area is 134 Å². The highest BCUT2D eigenvalue weighted by Crippen LogP contribution is 2.17. The van der Waals surface area contributed by atoms with E-state index in [-0.39, 0.29) is 5.91 Å². The fraction of sp³-hybridized carbons (Fsp3) is 0.533. The first kappa shape index (κ1) is 15.7. The molecule has 2 rings (SSSR count). The molecule has 0 unspecified atom stereocenters. The van der Waals surface area contributed by atoms with Gasteiger partial charge in [0.25, 0.3) is 0 Å². The summed E-state index contributed by atoms with van der Waals surface area (Å²) in [6, 6.07) is 7.85. The highest BCUT2D eigenvalue weighted by Gasteiger charge is 2.16. The van der Waals surface area contributed by atoms with E-state index in [1.807, 2.05) is 31.3 Å². The van der Waals surface area contributed by atoms with Crippen molar-refractivity contribution in [3.63, 3.8) is 0 Å². The van der Waals surface area contributed by atoms with Crippen LogP contribution in [-0.4, -0.2) is 44.0 Å². The Morgan fingerprint density at radius 3 is 2.80 bits per heavy atom. The molecule has 4 nitrogen and oxygen atoms in total. The number of piperidine rings is 1. The van der Waals surface area contributed by atoms with Crippen LogP contribution in [0.3, 0.4) is 0 Å². The lowest BCUT2D eigenvalue weighted by molar-refractivity contribution is -0.117. The summed E-state index contributed by atoms with van der Waals surface area (Å²) in [5.74, 6) is 0.775. The van der Waals surface area contributed by atoms with Gasteiger partial charge in [0.05, 0.1) is 12.2 Å². The molecule has 110 valence electrons. The molecule has 20 heavy (non-hydrogen) atoms. The van der Waals surface area contributed by atoms with Crippen molar-refractivity contribution in [2.24, 2.45) is 5.92 Å². The second kappa shape index (κ2) is 7.95. The smallest absolute Gasteiger partial charge is 0.238 e. The number of carbonyl (C=O) groups excluding carboxylic acids is 1. The summed E-state index contributed by atoms with van der Waals surface area (Å²) >= 11 is 2.24. The SMILES string of the molecule is CN(CC(=O)Nc1ccccc1I)CC1CCNCC1. The standard InChI is InChI=1S/C15H22IN3O/c1-19(10-12-6-8-17-9-7-12)11-15(20)18-14-5-3-2-4-13(14)16/h2-5,12,17H,6-11H2,1H3,(H,18,20). The van der Waals surface area contributed by atoms with Gasteiger partial charge in [-0.2, -0.15) is 0 Å². The maximum atomic E-state index is 12.0. The Morgan fingerprint density at radius 2 is 2.10 bits per heavy atom. The van der Waals surface area contributed by atoms with Crippen LogP contribution >= 0.6 is 22.6 Å². The number of amides is 1. The fourth-order valence-electron chi connectivity index (χ4n) is 2.57. The van der Waals surface area contributed by atoms with Gasteiger partial charge < -0.3 is 10.6 Å². The molecule has 0 aromatic heterocycles. The second-order valence-electron chi connectivity index (χ2n) is 5.42. The lowest BCUT2D eigenvalue weighted by Crippen LogP contribution is -2.37. The maximum absolute atomic E-state index is 12.0. The number of hydrogen-bond donors (Lipinski definition) is 2. The van der Waals surface area contributed by atoms with Gasteiger partial charge in [0, 0.05) is 10.1 Å². The number of halogens is 1. The number of para-hydroxylation sites is 1. The summed E-state index contributed by atoms with van der Waals surface area (Å²) in [5, 5.41) is 6.35. The fourth-order valence-corrected chi connectivity index (χ4v) is 3.09. The van der Waals surface area contributed by atoms with Crippen LogP contribution in [-0.2, 0) is 4.79 Å². The Morgan fingerprint density at radius 1 is 1.40 bits per heavy atom. The largest absolute Gasteiger partial charge is 0.324 e. The van der Waals surface area contributed by atoms with E-state index in [0.29, 0.717) is 12.5 Å². The first-order valence-electron chi connectivity index (χ1n) is 7.09. The van der Waals surface area contributed by atoms with Gasteiger partial charge in [-0.1, -0.05) is 12.1 Å². The van der Waals surface area contributed by atoms with E-state index in [9.17, 15) is 4.79 Å². The van der Waals surface area contributed by atoms with Crippen LogP contribution < -0.4 is 10.6 Å². The van der Waals surface area contributed by atoms with E-state index in [2.05, 4.69) is 38.1 Å². The number of nitrogens with zero attached hydrogens (tertiary/aromatic N) is 1. The molecule has 1 saturated heterocycles. The molecule has 1 aliphatic heterocycles. The zero-order valence-electron chi connectivity index (χ0n) is 11.9. The third kappa shape index (κ3) is 5.03. The van der Waals surface area contributed by atoms with E-state index >= 15 is 0 Å². The van der Waals surface area contributed by atoms with E-state index in [0.717, 1.165) is 28.9 Å². The quantitative estimate of drug-likeness (QED) is 0.762. The molecule has 0 aliphatic carbocycles. The molecule has 0 saturated carbocycles. The van der Waals surface area contributed by atoms with Gasteiger partial charge >= 0.3 is 0 Å². The molecule has 0 bridgehead atoms. The molecule has 1 aromatic carbocycles. The van der Waals surface area contributed by atoms with Crippen molar-refractivity contribution in [3.8, 4) is 0 Å². The molecule has 1 aliphatic rings. The number of nitrogens with one attached hydrogen (secondary N) is 2. The van der Waals surface area contributed by atoms with Gasteiger partial charge in [-0.25, -0.2) is 0 Å². The molecule has 0 atom stereocenters. The average molecular weight is 387 g/mol. The number of rotatable bonds is 5. The third-order valence-electron chi connectivity index (χ3n) is 3.59. The van der Waals surface area contributed by atoms with Crippen molar-refractivity contribution in [3.05, 3.63) is 27.8 Å². The average Bonchev–Trinajstić information content (AvgIpc) is 2.42. The van der Waals surface area contributed by atoms with Crippen LogP contribution in [0.1, 0.15) is 12.8 Å². The maximum Gasteiger partial charge on any atom is 0.238 e. The van der Waals surface area contributed by atoms with Crippen molar-refractivity contribution in [2.45, 2.75) is 12.8 Å². The van der Waals surface area contributed by atoms with Crippen LogP contribution in [0.4, 0.5) is 5.69 Å². The lowest BCUT2D eigenvalue weighted by atomic mass is 9.98. The molecule has 0 spiro atoms. The minimum absolute atomic E-state index is 0.0607. The normalized spacial score (nSPS) is 16.4. The number of benzene rings is 1. The summed E-state index contributed by atoms with van der Waals surface area (Å²) in [6.45, 7) is 3.66. The van der Waals surface area contributed by atoms with Gasteiger partial charge in [0.1, 0.15) is 0 Å². The molecule has 1 amide bonds. The number of likely N-dealkylation sites (N-methyl/N-ethyl adjacent to an activating group) is 1. The van der Waals surface area contributed by atoms with E-state index in [4.69, 9.17) is 0 Å². The van der Waals surface area contributed by atoms with Gasteiger partial charge in [-0.15, -0.1) is 0 Å². The van der Waals surface area contributed by atoms with Gasteiger partial charge in [-0.05, 0) is 73.6 Å². The first-order chi connectivity index (χ1) is 9.65. The Bertz CT molecular complexity index is 446. The van der Waals surface area contributed by atoms with Crippen molar-refractivity contribution in [1.29, 1.82) is 0 Å². The van der Waals surface area contributed by atoms with Gasteiger partial charge in [-0.3, -0.25) is 9.69 Å². The molecule has 0 radical (unpaired) electrons. The predicted octanol–water partition coefficient (Wildman–Crippen LogP) is 2.16. The zero-order valence-corrected chi connectivity index (χ0v) is 14.0. The Balaban J connectivity index is 1.77. The van der Waals surface area contributed by atoms with Crippen LogP contribution in [0, 0.1) is 9.49 Å². The molecular weight excluding hydrogens is 365 g/mol. The van der Waals surface area contributed by atoms with Crippen molar-refractivity contribution in [2.75, 3.05) is 38.5 Å². The molecule has 1 aromatic rings. The van der Waals surface area contributed by atoms with E-state index in [1.165, 1.54) is 12.8 Å². The van der Waals surface area contributed by atoms with Crippen molar-refractivity contribution >= 4 is 34.2 Å². The number of carbonyl (C=O) groups is 1. The van der Waals surface area contributed by atoms with Gasteiger partial charge in [0.15, 0.2) is 0 Å². The summed E-state index contributed by atoms with van der Waals surface area (Å²) in [4.78, 5) is 14.2. The molecule has 1 heterocycles. The highest BCUT2D eigenvalue weighted by molar-refractivity contribution is 14.1. The molecule has 5 heteroatoms. The van der Waals surface area contributed by atoms with Crippen molar-refractivity contribution < 1.29 is 4.79 Å². The minimum atomic E-state index is 0.0607. The van der Waals surface area contributed by atoms with Crippen molar-refractivity contribution in [1.82, 2.24) is 10.2 Å². The summed E-state index contributed by atoms with van der Waals surface area (Å²) in [6.07, 6.45) is 2.42. The van der Waals surface area contributed by atoms with Crippen LogP contribution in [0.2, 0.25) is 0 Å². The molecule has 2 N–H and O–H groups in total. The molecule has 1 fully saturated rings.